The first kappa shape index (κ1) is 9.32. The minimum Gasteiger partial charge on any atom is -0.390 e. The molecule has 2 N–H and O–H groups in total. The number of hydrogen-bond acceptors (Lipinski definition) is 5. The Hall–Kier alpha value is -1.92. The van der Waals surface area contributed by atoms with Crippen LogP contribution in [-0.4, -0.2) is 14.8 Å². The third-order valence-electron chi connectivity index (χ3n) is 2.16. The van der Waals surface area contributed by atoms with Crippen molar-refractivity contribution in [3.05, 3.63) is 36.5 Å². The minimum absolute atomic E-state index is 0.374. The van der Waals surface area contributed by atoms with Crippen LogP contribution < -0.4 is 10.7 Å². The number of nitrogens with two attached hydrogens (primary N) is 1. The van der Waals surface area contributed by atoms with Gasteiger partial charge in [0.25, 0.3) is 5.88 Å². The molecule has 16 heavy (non-hydrogen) atoms. The Morgan fingerprint density at radius 2 is 2.12 bits per heavy atom. The maximum atomic E-state index is 5.02. The number of benzene rings is 1. The second-order valence-electron chi connectivity index (χ2n) is 3.18. The molecule has 0 radical (unpaired) electrons. The molecule has 5 nitrogen and oxygen atoms in total. The second-order valence-corrected chi connectivity index (χ2v) is 4.19. The van der Waals surface area contributed by atoms with Crippen LogP contribution in [0, 0.1) is 0 Å². The Morgan fingerprint density at radius 3 is 2.88 bits per heavy atom. The third-order valence-corrected chi connectivity index (χ3v) is 3.19. The number of para-hydroxylation sites is 1. The Bertz CT molecular complexity index is 597. The molecule has 2 aromatic heterocycles. The van der Waals surface area contributed by atoms with E-state index in [1.165, 1.54) is 0 Å². The van der Waals surface area contributed by atoms with E-state index < -0.39 is 0 Å². The van der Waals surface area contributed by atoms with Gasteiger partial charge in [0.2, 0.25) is 5.13 Å². The lowest BCUT2D eigenvalue weighted by atomic mass is 10.3. The Labute approximate surface area is 95.0 Å². The van der Waals surface area contributed by atoms with E-state index in [1.807, 2.05) is 24.3 Å². The summed E-state index contributed by atoms with van der Waals surface area (Å²) in [4.78, 5) is 8.99. The van der Waals surface area contributed by atoms with Gasteiger partial charge in [-0.3, -0.25) is 0 Å². The highest BCUT2D eigenvalue weighted by atomic mass is 32.1. The predicted octanol–water partition coefficient (Wildman–Crippen LogP) is 1.73. The van der Waals surface area contributed by atoms with Crippen molar-refractivity contribution in [2.75, 3.05) is 0 Å². The van der Waals surface area contributed by atoms with E-state index in [2.05, 4.69) is 14.9 Å². The SMILES string of the molecule is NOc1ccn(-c2nc3ccccc3s2)n1. The summed E-state index contributed by atoms with van der Waals surface area (Å²) in [5.74, 6) is 5.40. The molecule has 0 bridgehead atoms. The van der Waals surface area contributed by atoms with E-state index in [1.54, 1.807) is 28.3 Å². The lowest BCUT2D eigenvalue weighted by Gasteiger charge is -1.92. The molecule has 80 valence electrons. The number of aromatic nitrogens is 3. The summed E-state index contributed by atoms with van der Waals surface area (Å²) < 4.78 is 2.77. The maximum absolute atomic E-state index is 5.02. The van der Waals surface area contributed by atoms with Gasteiger partial charge in [0, 0.05) is 12.3 Å². The molecule has 0 saturated heterocycles. The average Bonchev–Trinajstić information content (AvgIpc) is 2.95. The fourth-order valence-electron chi connectivity index (χ4n) is 1.43. The van der Waals surface area contributed by atoms with Crippen molar-refractivity contribution >= 4 is 21.6 Å². The zero-order valence-electron chi connectivity index (χ0n) is 8.20. The van der Waals surface area contributed by atoms with Gasteiger partial charge in [-0.1, -0.05) is 23.5 Å². The van der Waals surface area contributed by atoms with Crippen molar-refractivity contribution in [2.24, 2.45) is 5.90 Å². The van der Waals surface area contributed by atoms with E-state index in [4.69, 9.17) is 5.90 Å². The van der Waals surface area contributed by atoms with Gasteiger partial charge in [0.15, 0.2) is 0 Å². The van der Waals surface area contributed by atoms with Crippen molar-refractivity contribution in [1.82, 2.24) is 14.8 Å². The van der Waals surface area contributed by atoms with Gasteiger partial charge >= 0.3 is 0 Å². The topological polar surface area (TPSA) is 66.0 Å². The molecular formula is C10H8N4OS. The van der Waals surface area contributed by atoms with Crippen LogP contribution >= 0.6 is 11.3 Å². The van der Waals surface area contributed by atoms with Crippen LogP contribution in [-0.2, 0) is 0 Å². The molecule has 0 aliphatic carbocycles. The summed E-state index contributed by atoms with van der Waals surface area (Å²) in [6.07, 6.45) is 1.76. The first-order valence-electron chi connectivity index (χ1n) is 4.65. The zero-order valence-corrected chi connectivity index (χ0v) is 9.02. The summed E-state index contributed by atoms with van der Waals surface area (Å²) in [6.45, 7) is 0. The summed E-state index contributed by atoms with van der Waals surface area (Å²) in [7, 11) is 0. The van der Waals surface area contributed by atoms with Gasteiger partial charge in [-0.25, -0.2) is 9.67 Å². The molecule has 1 aromatic carbocycles. The largest absolute Gasteiger partial charge is 0.390 e. The van der Waals surface area contributed by atoms with Crippen LogP contribution in [0.1, 0.15) is 0 Å². The molecular weight excluding hydrogens is 224 g/mol. The van der Waals surface area contributed by atoms with Crippen LogP contribution in [0.5, 0.6) is 5.88 Å². The molecule has 3 rings (SSSR count). The predicted molar refractivity (Wildman–Crippen MR) is 61.6 cm³/mol. The fraction of sp³-hybridized carbons (Fsp3) is 0. The normalized spacial score (nSPS) is 10.8. The standard InChI is InChI=1S/C10H8N4OS/c11-15-9-5-6-14(13-9)10-12-7-3-1-2-4-8(7)16-10/h1-6H,11H2. The number of thiazole rings is 1. The Balaban J connectivity index is 2.11. The van der Waals surface area contributed by atoms with Gasteiger partial charge in [-0.2, -0.15) is 5.90 Å². The third kappa shape index (κ3) is 1.44. The molecule has 0 saturated carbocycles. The van der Waals surface area contributed by atoms with Gasteiger partial charge < -0.3 is 4.84 Å². The highest BCUT2D eigenvalue weighted by Crippen LogP contribution is 2.24. The first-order valence-corrected chi connectivity index (χ1v) is 5.47. The first-order chi connectivity index (χ1) is 7.86. The summed E-state index contributed by atoms with van der Waals surface area (Å²) in [5.41, 5.74) is 0.966. The van der Waals surface area contributed by atoms with Crippen molar-refractivity contribution < 1.29 is 4.84 Å². The van der Waals surface area contributed by atoms with Crippen molar-refractivity contribution in [1.29, 1.82) is 0 Å². The van der Waals surface area contributed by atoms with Crippen LogP contribution in [0.3, 0.4) is 0 Å². The van der Waals surface area contributed by atoms with Crippen LogP contribution in [0.2, 0.25) is 0 Å². The maximum Gasteiger partial charge on any atom is 0.256 e. The lowest BCUT2D eigenvalue weighted by Crippen LogP contribution is -2.03. The number of hydrogen-bond donors (Lipinski definition) is 1. The molecule has 0 atom stereocenters. The molecule has 2 heterocycles. The van der Waals surface area contributed by atoms with Crippen molar-refractivity contribution in [2.45, 2.75) is 0 Å². The lowest BCUT2D eigenvalue weighted by molar-refractivity contribution is 0.318. The van der Waals surface area contributed by atoms with Crippen molar-refractivity contribution in [3.8, 4) is 11.0 Å². The van der Waals surface area contributed by atoms with E-state index in [0.29, 0.717) is 5.88 Å². The van der Waals surface area contributed by atoms with Gasteiger partial charge in [0.1, 0.15) is 0 Å². The van der Waals surface area contributed by atoms with Gasteiger partial charge in [0.05, 0.1) is 10.2 Å². The van der Waals surface area contributed by atoms with E-state index in [9.17, 15) is 0 Å². The summed E-state index contributed by atoms with van der Waals surface area (Å²) in [6, 6.07) is 9.64. The van der Waals surface area contributed by atoms with Crippen LogP contribution in [0.15, 0.2) is 36.5 Å². The van der Waals surface area contributed by atoms with Crippen LogP contribution in [0.25, 0.3) is 15.3 Å². The highest BCUT2D eigenvalue weighted by molar-refractivity contribution is 7.20. The Morgan fingerprint density at radius 1 is 1.25 bits per heavy atom. The summed E-state index contributed by atoms with van der Waals surface area (Å²) in [5, 5.41) is 4.91. The zero-order chi connectivity index (χ0) is 11.0. The van der Waals surface area contributed by atoms with Gasteiger partial charge in [-0.05, 0) is 12.1 Å². The molecule has 6 heteroatoms. The average molecular weight is 232 g/mol. The van der Waals surface area contributed by atoms with E-state index in [0.717, 1.165) is 15.3 Å². The molecule has 0 aliphatic rings. The van der Waals surface area contributed by atoms with Gasteiger partial charge in [-0.15, -0.1) is 5.10 Å². The molecule has 0 unspecified atom stereocenters. The fourth-order valence-corrected chi connectivity index (χ4v) is 2.34. The van der Waals surface area contributed by atoms with Crippen molar-refractivity contribution in [3.63, 3.8) is 0 Å². The number of fused-ring (bicyclic) bond motifs is 1. The number of nitrogens with zero attached hydrogens (tertiary/aromatic N) is 3. The molecule has 0 aliphatic heterocycles. The van der Waals surface area contributed by atoms with E-state index >= 15 is 0 Å². The molecule has 0 amide bonds. The number of rotatable bonds is 2. The molecule has 3 aromatic rings. The Kier molecular flexibility index (Phi) is 2.09. The second kappa shape index (κ2) is 3.58. The smallest absolute Gasteiger partial charge is 0.256 e. The molecule has 0 fully saturated rings. The summed E-state index contributed by atoms with van der Waals surface area (Å²) >= 11 is 1.57. The van der Waals surface area contributed by atoms with Crippen LogP contribution in [0.4, 0.5) is 0 Å². The highest BCUT2D eigenvalue weighted by Gasteiger charge is 2.06. The minimum atomic E-state index is 0.374. The van der Waals surface area contributed by atoms with E-state index in [-0.39, 0.29) is 0 Å². The quantitative estimate of drug-likeness (QED) is 0.683. The molecule has 0 spiro atoms. The monoisotopic (exact) mass is 232 g/mol.